The van der Waals surface area contributed by atoms with Gasteiger partial charge in [-0.15, -0.1) is 6.42 Å². The van der Waals surface area contributed by atoms with E-state index in [9.17, 15) is 14.4 Å². The molecule has 1 heterocycles. The summed E-state index contributed by atoms with van der Waals surface area (Å²) in [5.74, 6) is 2.06. The number of rotatable bonds is 7. The van der Waals surface area contributed by atoms with E-state index in [1.807, 2.05) is 26.4 Å². The van der Waals surface area contributed by atoms with Gasteiger partial charge in [-0.2, -0.15) is 28.4 Å². The summed E-state index contributed by atoms with van der Waals surface area (Å²) in [4.78, 5) is 42.9. The minimum absolute atomic E-state index is 0.0249. The summed E-state index contributed by atoms with van der Waals surface area (Å²) in [6.45, 7) is 3.88. The van der Waals surface area contributed by atoms with Crippen LogP contribution in [0.2, 0.25) is 0 Å². The second kappa shape index (κ2) is 10.8. The van der Waals surface area contributed by atoms with Crippen molar-refractivity contribution in [2.45, 2.75) is 24.3 Å². The van der Waals surface area contributed by atoms with Gasteiger partial charge >= 0.3 is 17.9 Å². The van der Waals surface area contributed by atoms with Gasteiger partial charge in [0.15, 0.2) is 0 Å². The number of carbonyl (C=O) groups excluding carboxylic acids is 2. The van der Waals surface area contributed by atoms with Crippen LogP contribution in [0, 0.1) is 12.3 Å². The van der Waals surface area contributed by atoms with Crippen molar-refractivity contribution in [2.75, 3.05) is 30.6 Å². The van der Waals surface area contributed by atoms with E-state index in [-0.39, 0.29) is 35.1 Å². The molecule has 1 aromatic heterocycles. The summed E-state index contributed by atoms with van der Waals surface area (Å²) in [5.41, 5.74) is -0.714. The molecule has 26 heavy (non-hydrogen) atoms. The van der Waals surface area contributed by atoms with Crippen molar-refractivity contribution in [1.29, 1.82) is 0 Å². The first-order chi connectivity index (χ1) is 12.3. The lowest BCUT2D eigenvalue weighted by Crippen LogP contribution is -2.41. The van der Waals surface area contributed by atoms with Crippen LogP contribution in [0.3, 0.4) is 0 Å². The number of terminal acetylenes is 1. The SMILES string of the molecule is C#Cc1cnc(=O)[nH]c1N(C(=O)OCC(C)SC)C(=O)OCC(C)SC. The van der Waals surface area contributed by atoms with Gasteiger partial charge in [-0.05, 0) is 12.5 Å². The number of ether oxygens (including phenoxy) is 2. The van der Waals surface area contributed by atoms with Crippen LogP contribution >= 0.6 is 23.5 Å². The molecule has 0 aliphatic carbocycles. The van der Waals surface area contributed by atoms with Crippen molar-refractivity contribution in [3.63, 3.8) is 0 Å². The molecular weight excluding hydrogens is 378 g/mol. The molecule has 1 N–H and O–H groups in total. The van der Waals surface area contributed by atoms with E-state index in [4.69, 9.17) is 15.9 Å². The Morgan fingerprint density at radius 2 is 1.73 bits per heavy atom. The van der Waals surface area contributed by atoms with Crippen LogP contribution in [0.25, 0.3) is 0 Å². The lowest BCUT2D eigenvalue weighted by molar-refractivity contribution is 0.135. The number of aromatic nitrogens is 2. The molecule has 8 nitrogen and oxygen atoms in total. The molecule has 0 aromatic carbocycles. The predicted octanol–water partition coefficient (Wildman–Crippen LogP) is 2.33. The summed E-state index contributed by atoms with van der Waals surface area (Å²) in [7, 11) is 0. The second-order valence-corrected chi connectivity index (χ2v) is 7.73. The van der Waals surface area contributed by atoms with Gasteiger partial charge in [0, 0.05) is 10.5 Å². The van der Waals surface area contributed by atoms with Crippen LogP contribution in [-0.4, -0.2) is 58.4 Å². The quantitative estimate of drug-likeness (QED) is 0.697. The smallest absolute Gasteiger partial charge is 0.425 e. The first-order valence-corrected chi connectivity index (χ1v) is 10.2. The zero-order valence-corrected chi connectivity index (χ0v) is 16.6. The average Bonchev–Trinajstić information content (AvgIpc) is 2.64. The molecule has 142 valence electrons. The maximum Gasteiger partial charge on any atom is 0.425 e. The maximum absolute atomic E-state index is 12.5. The highest BCUT2D eigenvalue weighted by atomic mass is 32.2. The van der Waals surface area contributed by atoms with Crippen LogP contribution in [0.4, 0.5) is 15.4 Å². The highest BCUT2D eigenvalue weighted by Crippen LogP contribution is 2.18. The van der Waals surface area contributed by atoms with Gasteiger partial charge in [0.1, 0.15) is 19.0 Å². The lowest BCUT2D eigenvalue weighted by atomic mass is 10.3. The van der Waals surface area contributed by atoms with Crippen molar-refractivity contribution in [2.24, 2.45) is 0 Å². The number of thioether (sulfide) groups is 2. The standard InChI is InChI=1S/C16H21N3O5S2/c1-6-12-7-17-14(20)18-13(12)19(15(21)23-8-10(2)25-4)16(22)24-9-11(3)26-5/h1,7,10-11H,8-9H2,2-5H3,(H,17,18,20). The average molecular weight is 399 g/mol. The normalized spacial score (nSPS) is 12.6. The molecule has 0 aliphatic heterocycles. The first kappa shape index (κ1) is 21.9. The number of hydrogen-bond acceptors (Lipinski definition) is 8. The van der Waals surface area contributed by atoms with Gasteiger partial charge in [0.2, 0.25) is 0 Å². The number of carbonyl (C=O) groups is 2. The van der Waals surface area contributed by atoms with Crippen molar-refractivity contribution in [3.8, 4) is 12.3 Å². The highest BCUT2D eigenvalue weighted by molar-refractivity contribution is 7.99. The minimum atomic E-state index is -0.994. The molecule has 0 saturated carbocycles. The number of H-pyrrole nitrogens is 1. The molecular formula is C16H21N3O5S2. The Balaban J connectivity index is 3.15. The van der Waals surface area contributed by atoms with E-state index in [0.717, 1.165) is 6.20 Å². The van der Waals surface area contributed by atoms with Gasteiger partial charge in [0.25, 0.3) is 0 Å². The Labute approximate surface area is 160 Å². The second-order valence-electron chi connectivity index (χ2n) is 5.18. The molecule has 0 aliphatic rings. The Morgan fingerprint density at radius 3 is 2.15 bits per heavy atom. The summed E-state index contributed by atoms with van der Waals surface area (Å²) in [5, 5.41) is 0.0499. The molecule has 0 saturated heterocycles. The highest BCUT2D eigenvalue weighted by Gasteiger charge is 2.30. The number of imide groups is 1. The van der Waals surface area contributed by atoms with Crippen LogP contribution in [0.5, 0.6) is 0 Å². The van der Waals surface area contributed by atoms with Crippen molar-refractivity contribution in [3.05, 3.63) is 22.2 Å². The number of anilines is 1. The van der Waals surface area contributed by atoms with Crippen LogP contribution in [0.1, 0.15) is 19.4 Å². The maximum atomic E-state index is 12.5. The van der Waals surface area contributed by atoms with Gasteiger partial charge in [-0.3, -0.25) is 4.98 Å². The summed E-state index contributed by atoms with van der Waals surface area (Å²) < 4.78 is 10.3. The van der Waals surface area contributed by atoms with E-state index in [2.05, 4.69) is 15.9 Å². The largest absolute Gasteiger partial charge is 0.448 e. The molecule has 2 amide bonds. The fourth-order valence-corrected chi connectivity index (χ4v) is 1.98. The molecule has 10 heteroatoms. The zero-order chi connectivity index (χ0) is 19.7. The Morgan fingerprint density at radius 1 is 1.23 bits per heavy atom. The molecule has 1 aromatic rings. The zero-order valence-electron chi connectivity index (χ0n) is 15.0. The van der Waals surface area contributed by atoms with Gasteiger partial charge in [-0.25, -0.2) is 19.4 Å². The fraction of sp³-hybridized carbons (Fsp3) is 0.500. The molecule has 2 atom stereocenters. The Bertz CT molecular complexity index is 705. The third-order valence-corrected chi connectivity index (χ3v) is 5.11. The molecule has 2 unspecified atom stereocenters. The molecule has 0 fully saturated rings. The summed E-state index contributed by atoms with van der Waals surface area (Å²) in [6.07, 6.45) is 8.21. The Hall–Kier alpha value is -2.12. The summed E-state index contributed by atoms with van der Waals surface area (Å²) >= 11 is 2.99. The third-order valence-electron chi connectivity index (χ3n) is 3.22. The van der Waals surface area contributed by atoms with E-state index in [0.29, 0.717) is 4.90 Å². The third kappa shape index (κ3) is 6.31. The minimum Gasteiger partial charge on any atom is -0.448 e. The number of amides is 2. The van der Waals surface area contributed by atoms with Crippen LogP contribution in [-0.2, 0) is 9.47 Å². The first-order valence-electron chi connectivity index (χ1n) is 7.59. The molecule has 0 bridgehead atoms. The molecule has 0 spiro atoms. The number of hydrogen-bond donors (Lipinski definition) is 1. The monoisotopic (exact) mass is 399 g/mol. The van der Waals surface area contributed by atoms with Crippen molar-refractivity contribution >= 4 is 41.5 Å². The molecule has 0 radical (unpaired) electrons. The van der Waals surface area contributed by atoms with E-state index < -0.39 is 17.9 Å². The number of nitrogens with one attached hydrogen (secondary N) is 1. The lowest BCUT2D eigenvalue weighted by Gasteiger charge is -2.22. The van der Waals surface area contributed by atoms with Gasteiger partial charge < -0.3 is 9.47 Å². The van der Waals surface area contributed by atoms with Gasteiger partial charge in [0.05, 0.1) is 11.8 Å². The Kier molecular flexibility index (Phi) is 9.09. The van der Waals surface area contributed by atoms with Crippen LogP contribution in [0.15, 0.2) is 11.0 Å². The van der Waals surface area contributed by atoms with E-state index >= 15 is 0 Å². The van der Waals surface area contributed by atoms with Gasteiger partial charge in [-0.1, -0.05) is 19.8 Å². The van der Waals surface area contributed by atoms with Crippen molar-refractivity contribution < 1.29 is 19.1 Å². The fourth-order valence-electron chi connectivity index (χ4n) is 1.57. The number of nitrogens with zero attached hydrogens (tertiary/aromatic N) is 2. The van der Waals surface area contributed by atoms with E-state index in [1.54, 1.807) is 0 Å². The molecule has 1 rings (SSSR count). The van der Waals surface area contributed by atoms with Crippen molar-refractivity contribution in [1.82, 2.24) is 9.97 Å². The van der Waals surface area contributed by atoms with E-state index in [1.165, 1.54) is 23.5 Å². The van der Waals surface area contributed by atoms with Crippen LogP contribution < -0.4 is 10.6 Å². The topological polar surface area (TPSA) is 102 Å². The number of aromatic amines is 1. The summed E-state index contributed by atoms with van der Waals surface area (Å²) in [6, 6.07) is 0. The predicted molar refractivity (Wildman–Crippen MR) is 104 cm³/mol.